The van der Waals surface area contributed by atoms with Crippen LogP contribution in [0.2, 0.25) is 0 Å². The number of hydrogen-bond donors (Lipinski definition) is 1. The summed E-state index contributed by atoms with van der Waals surface area (Å²) >= 11 is 0. The van der Waals surface area contributed by atoms with Crippen LogP contribution in [0.25, 0.3) is 10.8 Å². The number of fused-ring (bicyclic) bond motifs is 1. The van der Waals surface area contributed by atoms with Crippen molar-refractivity contribution >= 4 is 22.4 Å². The third-order valence-corrected chi connectivity index (χ3v) is 6.79. The molecule has 0 radical (unpaired) electrons. The van der Waals surface area contributed by atoms with Gasteiger partial charge in [0.1, 0.15) is 0 Å². The summed E-state index contributed by atoms with van der Waals surface area (Å²) < 4.78 is 22.1. The van der Waals surface area contributed by atoms with E-state index in [1.54, 1.807) is 34.6 Å². The number of nitrogens with one attached hydrogen (secondary N) is 1. The Morgan fingerprint density at radius 1 is 0.886 bits per heavy atom. The van der Waals surface area contributed by atoms with E-state index in [1.807, 2.05) is 30.3 Å². The molecule has 2 aromatic carbocycles. The number of anilines is 1. The number of carbonyl (C=O) groups is 1. The molecule has 4 rings (SSSR count). The van der Waals surface area contributed by atoms with Crippen LogP contribution < -0.4 is 24.3 Å². The molecule has 1 amide bonds. The Morgan fingerprint density at radius 3 is 2.20 bits per heavy atom. The Hall–Kier alpha value is -3.48. The summed E-state index contributed by atoms with van der Waals surface area (Å²) in [5.74, 6) is 2.97. The Labute approximate surface area is 206 Å². The van der Waals surface area contributed by atoms with Gasteiger partial charge in [-0.05, 0) is 54.0 Å². The van der Waals surface area contributed by atoms with Crippen molar-refractivity contribution in [2.24, 2.45) is 5.92 Å². The lowest BCUT2D eigenvalue weighted by Gasteiger charge is -2.22. The van der Waals surface area contributed by atoms with Gasteiger partial charge in [0.05, 0.1) is 34.1 Å². The molecule has 1 N–H and O–H groups in total. The molecule has 0 unspecified atom stereocenters. The van der Waals surface area contributed by atoms with Crippen LogP contribution in [0.1, 0.15) is 49.8 Å². The van der Waals surface area contributed by atoms with Crippen LogP contribution in [0, 0.1) is 5.92 Å². The molecule has 7 nitrogen and oxygen atoms in total. The van der Waals surface area contributed by atoms with Crippen LogP contribution in [-0.4, -0.2) is 39.3 Å². The summed E-state index contributed by atoms with van der Waals surface area (Å²) in [4.78, 5) is 17.6. The summed E-state index contributed by atoms with van der Waals surface area (Å²) in [5.41, 5.74) is 2.47. The number of methoxy groups -OCH3 is 4. The largest absolute Gasteiger partial charge is 0.493 e. The van der Waals surface area contributed by atoms with Crippen molar-refractivity contribution in [2.75, 3.05) is 33.8 Å². The minimum absolute atomic E-state index is 0.0302. The number of ether oxygens (including phenoxy) is 4. The van der Waals surface area contributed by atoms with Crippen LogP contribution in [-0.2, 0) is 11.2 Å². The molecule has 35 heavy (non-hydrogen) atoms. The first-order valence-corrected chi connectivity index (χ1v) is 12.1. The standard InChI is InChI=1S/C28H34N2O5/c1-32-24-14-19-10-11-29-23(21(19)16-26(24)34-3)13-20-15-25(33-2)27(35-4)17-22(20)30-28(31)12-18-8-6-5-7-9-18/h10-11,14-18H,5-9,12-13H2,1-4H3,(H,30,31). The third kappa shape index (κ3) is 5.61. The number of benzene rings is 2. The van der Waals surface area contributed by atoms with Gasteiger partial charge in [0.15, 0.2) is 23.0 Å². The fraction of sp³-hybridized carbons (Fsp3) is 0.429. The van der Waals surface area contributed by atoms with E-state index >= 15 is 0 Å². The van der Waals surface area contributed by atoms with Crippen molar-refractivity contribution < 1.29 is 23.7 Å². The summed E-state index contributed by atoms with van der Waals surface area (Å²) in [5, 5.41) is 5.10. The number of nitrogens with zero attached hydrogens (tertiary/aromatic N) is 1. The summed E-state index contributed by atoms with van der Waals surface area (Å²) in [6, 6.07) is 9.58. The quantitative estimate of drug-likeness (QED) is 0.421. The molecule has 1 aliphatic carbocycles. The molecule has 1 aromatic heterocycles. The van der Waals surface area contributed by atoms with Gasteiger partial charge in [0, 0.05) is 36.2 Å². The lowest BCUT2D eigenvalue weighted by Crippen LogP contribution is -2.19. The van der Waals surface area contributed by atoms with E-state index in [0.717, 1.165) is 34.9 Å². The Morgan fingerprint density at radius 2 is 1.51 bits per heavy atom. The van der Waals surface area contributed by atoms with Crippen LogP contribution in [0.5, 0.6) is 23.0 Å². The normalized spacial score (nSPS) is 13.9. The summed E-state index contributed by atoms with van der Waals surface area (Å²) in [6.07, 6.45) is 8.75. The predicted octanol–water partition coefficient (Wildman–Crippen LogP) is 5.77. The Bertz CT molecular complexity index is 1190. The molecule has 1 aliphatic rings. The highest BCUT2D eigenvalue weighted by molar-refractivity contribution is 5.93. The van der Waals surface area contributed by atoms with Gasteiger partial charge < -0.3 is 24.3 Å². The van der Waals surface area contributed by atoms with Crippen LogP contribution >= 0.6 is 0 Å². The van der Waals surface area contributed by atoms with Crippen LogP contribution in [0.4, 0.5) is 5.69 Å². The molecule has 1 fully saturated rings. The molecule has 0 bridgehead atoms. The topological polar surface area (TPSA) is 78.9 Å². The van der Waals surface area contributed by atoms with Gasteiger partial charge >= 0.3 is 0 Å². The predicted molar refractivity (Wildman–Crippen MR) is 137 cm³/mol. The first-order chi connectivity index (χ1) is 17.1. The third-order valence-electron chi connectivity index (χ3n) is 6.79. The fourth-order valence-electron chi connectivity index (χ4n) is 4.92. The number of amides is 1. The van der Waals surface area contributed by atoms with Gasteiger partial charge in [-0.15, -0.1) is 0 Å². The molecule has 1 heterocycles. The van der Waals surface area contributed by atoms with E-state index in [9.17, 15) is 4.79 Å². The second-order valence-corrected chi connectivity index (χ2v) is 8.98. The van der Waals surface area contributed by atoms with Gasteiger partial charge in [-0.3, -0.25) is 9.78 Å². The zero-order valence-electron chi connectivity index (χ0n) is 21.0. The second-order valence-electron chi connectivity index (χ2n) is 8.98. The molecule has 1 saturated carbocycles. The minimum atomic E-state index is 0.0302. The first kappa shape index (κ1) is 24.6. The van der Waals surface area contributed by atoms with Crippen molar-refractivity contribution in [3.05, 3.63) is 47.8 Å². The Kier molecular flexibility index (Phi) is 7.95. The molecule has 0 saturated heterocycles. The number of hydrogen-bond acceptors (Lipinski definition) is 6. The van der Waals surface area contributed by atoms with E-state index in [-0.39, 0.29) is 5.91 Å². The summed E-state index contributed by atoms with van der Waals surface area (Å²) in [7, 11) is 6.44. The van der Waals surface area contributed by atoms with Crippen molar-refractivity contribution in [3.63, 3.8) is 0 Å². The molecule has 0 atom stereocenters. The number of carbonyl (C=O) groups excluding carboxylic acids is 1. The lowest BCUT2D eigenvalue weighted by atomic mass is 9.87. The maximum atomic E-state index is 13.0. The van der Waals surface area contributed by atoms with Crippen molar-refractivity contribution in [3.8, 4) is 23.0 Å². The van der Waals surface area contributed by atoms with Gasteiger partial charge in [-0.25, -0.2) is 0 Å². The van der Waals surface area contributed by atoms with Gasteiger partial charge in [-0.2, -0.15) is 0 Å². The Balaban J connectivity index is 1.69. The van der Waals surface area contributed by atoms with E-state index in [2.05, 4.69) is 10.3 Å². The molecular weight excluding hydrogens is 444 g/mol. The number of pyridine rings is 1. The second kappa shape index (κ2) is 11.3. The maximum Gasteiger partial charge on any atom is 0.224 e. The first-order valence-electron chi connectivity index (χ1n) is 12.1. The average molecular weight is 479 g/mol. The smallest absolute Gasteiger partial charge is 0.224 e. The van der Waals surface area contributed by atoms with Gasteiger partial charge in [0.2, 0.25) is 5.91 Å². The van der Waals surface area contributed by atoms with E-state index < -0.39 is 0 Å². The highest BCUT2D eigenvalue weighted by Crippen LogP contribution is 2.37. The molecule has 186 valence electrons. The number of rotatable bonds is 9. The van der Waals surface area contributed by atoms with Crippen molar-refractivity contribution in [1.29, 1.82) is 0 Å². The maximum absolute atomic E-state index is 13.0. The SMILES string of the molecule is COc1cc(Cc2nccc3cc(OC)c(OC)cc23)c(NC(=O)CC2CCCCC2)cc1OC. The van der Waals surface area contributed by atoms with E-state index in [0.29, 0.717) is 47.4 Å². The highest BCUT2D eigenvalue weighted by Gasteiger charge is 2.20. The monoisotopic (exact) mass is 478 g/mol. The zero-order valence-corrected chi connectivity index (χ0v) is 21.0. The minimum Gasteiger partial charge on any atom is -0.493 e. The molecule has 7 heteroatoms. The molecule has 0 spiro atoms. The average Bonchev–Trinajstić information content (AvgIpc) is 2.89. The van der Waals surface area contributed by atoms with Gasteiger partial charge in [0.25, 0.3) is 0 Å². The van der Waals surface area contributed by atoms with Crippen LogP contribution in [0.3, 0.4) is 0 Å². The van der Waals surface area contributed by atoms with Crippen LogP contribution in [0.15, 0.2) is 36.5 Å². The van der Waals surface area contributed by atoms with Crippen molar-refractivity contribution in [2.45, 2.75) is 44.9 Å². The molecular formula is C28H34N2O5. The fourth-order valence-corrected chi connectivity index (χ4v) is 4.92. The molecule has 0 aliphatic heterocycles. The van der Waals surface area contributed by atoms with E-state index in [1.165, 1.54) is 19.3 Å². The lowest BCUT2D eigenvalue weighted by molar-refractivity contribution is -0.117. The molecule has 3 aromatic rings. The zero-order chi connectivity index (χ0) is 24.8. The van der Waals surface area contributed by atoms with Crippen molar-refractivity contribution in [1.82, 2.24) is 4.98 Å². The van der Waals surface area contributed by atoms with E-state index in [4.69, 9.17) is 18.9 Å². The highest BCUT2D eigenvalue weighted by atomic mass is 16.5. The van der Waals surface area contributed by atoms with Gasteiger partial charge in [-0.1, -0.05) is 19.3 Å². The number of aromatic nitrogens is 1. The summed E-state index contributed by atoms with van der Waals surface area (Å²) in [6.45, 7) is 0.